The summed E-state index contributed by atoms with van der Waals surface area (Å²) in [7, 11) is 0. The highest BCUT2D eigenvalue weighted by atomic mass is 35.5. The zero-order chi connectivity index (χ0) is 16.4. The van der Waals surface area contributed by atoms with Crippen molar-refractivity contribution in [3.63, 3.8) is 0 Å². The molecule has 23 heavy (non-hydrogen) atoms. The Hall–Kier alpha value is -2.08. The molecule has 0 N–H and O–H groups in total. The van der Waals surface area contributed by atoms with E-state index < -0.39 is 0 Å². The molecule has 0 bridgehead atoms. The number of carbonyl (C=O) groups excluding carboxylic acids is 1. The molecule has 1 aliphatic rings. The van der Waals surface area contributed by atoms with Gasteiger partial charge in [-0.05, 0) is 19.1 Å². The molecule has 0 spiro atoms. The van der Waals surface area contributed by atoms with Gasteiger partial charge in [-0.2, -0.15) is 5.10 Å². The molecule has 7 heteroatoms. The van der Waals surface area contributed by atoms with Gasteiger partial charge in [-0.25, -0.2) is 4.39 Å². The third-order valence-corrected chi connectivity index (χ3v) is 4.28. The molecule has 0 aliphatic carbocycles. The number of halogens is 2. The normalized spacial score (nSPS) is 15.1. The monoisotopic (exact) mass is 336 g/mol. The molecule has 0 saturated carbocycles. The molecule has 1 aromatic heterocycles. The average molecular weight is 337 g/mol. The van der Waals surface area contributed by atoms with Crippen LogP contribution in [-0.2, 0) is 6.54 Å². The van der Waals surface area contributed by atoms with Crippen molar-refractivity contribution in [2.24, 2.45) is 0 Å². The molecule has 1 aromatic carbocycles. The third-order valence-electron chi connectivity index (χ3n) is 4.00. The molecule has 1 amide bonds. The second kappa shape index (κ2) is 6.58. The van der Waals surface area contributed by atoms with E-state index >= 15 is 0 Å². The first-order chi connectivity index (χ1) is 11.1. The van der Waals surface area contributed by atoms with Crippen molar-refractivity contribution in [2.45, 2.75) is 13.5 Å². The highest BCUT2D eigenvalue weighted by Crippen LogP contribution is 2.22. The van der Waals surface area contributed by atoms with E-state index in [1.165, 1.54) is 6.07 Å². The molecule has 3 rings (SSSR count). The smallest absolute Gasteiger partial charge is 0.276 e. The first kappa shape index (κ1) is 15.8. The number of para-hydroxylation sites is 1. The Morgan fingerprint density at radius 1 is 1.26 bits per heavy atom. The van der Waals surface area contributed by atoms with Gasteiger partial charge in [0, 0.05) is 38.9 Å². The van der Waals surface area contributed by atoms with Crippen LogP contribution in [-0.4, -0.2) is 46.8 Å². The lowest BCUT2D eigenvalue weighted by Gasteiger charge is -2.36. The van der Waals surface area contributed by atoms with Gasteiger partial charge >= 0.3 is 0 Å². The van der Waals surface area contributed by atoms with Crippen molar-refractivity contribution >= 4 is 23.2 Å². The van der Waals surface area contributed by atoms with Crippen molar-refractivity contribution in [3.8, 4) is 0 Å². The first-order valence-electron chi connectivity index (χ1n) is 7.62. The Kier molecular flexibility index (Phi) is 4.52. The summed E-state index contributed by atoms with van der Waals surface area (Å²) in [5.41, 5.74) is 0.862. The second-order valence-corrected chi connectivity index (χ2v) is 5.82. The molecule has 1 saturated heterocycles. The lowest BCUT2D eigenvalue weighted by atomic mass is 10.2. The summed E-state index contributed by atoms with van der Waals surface area (Å²) in [6.45, 7) is 4.79. The Morgan fingerprint density at radius 3 is 2.57 bits per heavy atom. The Bertz CT molecular complexity index is 710. The van der Waals surface area contributed by atoms with Gasteiger partial charge in [-0.15, -0.1) is 0 Å². The van der Waals surface area contributed by atoms with Gasteiger partial charge in [-0.3, -0.25) is 9.48 Å². The maximum Gasteiger partial charge on any atom is 0.276 e. The highest BCUT2D eigenvalue weighted by Gasteiger charge is 2.26. The fourth-order valence-electron chi connectivity index (χ4n) is 2.71. The average Bonchev–Trinajstić information content (AvgIpc) is 2.96. The molecular formula is C16H18ClFN4O. The number of carbonyl (C=O) groups is 1. The number of nitrogens with zero attached hydrogens (tertiary/aromatic N) is 4. The van der Waals surface area contributed by atoms with Gasteiger partial charge in [0.1, 0.15) is 5.82 Å². The quantitative estimate of drug-likeness (QED) is 0.865. The predicted molar refractivity (Wildman–Crippen MR) is 87.4 cm³/mol. The summed E-state index contributed by atoms with van der Waals surface area (Å²) in [5, 5.41) is 4.58. The van der Waals surface area contributed by atoms with E-state index in [0.29, 0.717) is 43.4 Å². The Labute approximate surface area is 139 Å². The second-order valence-electron chi connectivity index (χ2n) is 5.41. The zero-order valence-electron chi connectivity index (χ0n) is 12.9. The van der Waals surface area contributed by atoms with E-state index in [0.717, 1.165) is 0 Å². The molecule has 1 fully saturated rings. The first-order valence-corrected chi connectivity index (χ1v) is 7.99. The van der Waals surface area contributed by atoms with Crippen LogP contribution in [0.2, 0.25) is 5.02 Å². The van der Waals surface area contributed by atoms with Crippen LogP contribution in [0.1, 0.15) is 17.4 Å². The number of rotatable bonds is 3. The molecule has 122 valence electrons. The number of hydrogen-bond donors (Lipinski definition) is 0. The fourth-order valence-corrected chi connectivity index (χ4v) is 2.94. The van der Waals surface area contributed by atoms with E-state index in [-0.39, 0.29) is 17.4 Å². The van der Waals surface area contributed by atoms with Crippen LogP contribution in [0.15, 0.2) is 30.5 Å². The minimum atomic E-state index is -0.239. The summed E-state index contributed by atoms with van der Waals surface area (Å²) >= 11 is 6.09. The van der Waals surface area contributed by atoms with E-state index in [1.54, 1.807) is 27.9 Å². The van der Waals surface area contributed by atoms with Crippen LogP contribution in [0, 0.1) is 5.82 Å². The van der Waals surface area contributed by atoms with Crippen molar-refractivity contribution < 1.29 is 9.18 Å². The maximum absolute atomic E-state index is 13.8. The number of benzene rings is 1. The molecule has 5 nitrogen and oxygen atoms in total. The number of piperazine rings is 1. The SMILES string of the molecule is CCn1cc(Cl)c(C(=O)N2CCN(c3ccccc3F)CC2)n1. The molecule has 1 aliphatic heterocycles. The minimum Gasteiger partial charge on any atom is -0.366 e. The van der Waals surface area contributed by atoms with Crippen LogP contribution < -0.4 is 4.90 Å². The summed E-state index contributed by atoms with van der Waals surface area (Å²) in [6, 6.07) is 6.69. The lowest BCUT2D eigenvalue weighted by molar-refractivity contribution is 0.0740. The van der Waals surface area contributed by atoms with Gasteiger partial charge in [0.15, 0.2) is 5.69 Å². The third kappa shape index (κ3) is 3.17. The largest absolute Gasteiger partial charge is 0.366 e. The van der Waals surface area contributed by atoms with Crippen LogP contribution in [0.4, 0.5) is 10.1 Å². The summed E-state index contributed by atoms with van der Waals surface area (Å²) in [4.78, 5) is 16.2. The fraction of sp³-hybridized carbons (Fsp3) is 0.375. The van der Waals surface area contributed by atoms with E-state index in [9.17, 15) is 9.18 Å². The maximum atomic E-state index is 13.8. The molecule has 0 atom stereocenters. The van der Waals surface area contributed by atoms with Crippen LogP contribution in [0.25, 0.3) is 0 Å². The molecule has 2 heterocycles. The van der Waals surface area contributed by atoms with Crippen molar-refractivity contribution in [2.75, 3.05) is 31.1 Å². The number of hydrogen-bond acceptors (Lipinski definition) is 3. The summed E-state index contributed by atoms with van der Waals surface area (Å²) < 4.78 is 15.5. The topological polar surface area (TPSA) is 41.4 Å². The number of amides is 1. The zero-order valence-corrected chi connectivity index (χ0v) is 13.6. The standard InChI is InChI=1S/C16H18ClFN4O/c1-2-22-11-12(17)15(19-22)16(23)21-9-7-20(8-10-21)14-6-4-3-5-13(14)18/h3-6,11H,2,7-10H2,1H3. The Balaban J connectivity index is 1.68. The van der Waals surface area contributed by atoms with E-state index in [2.05, 4.69) is 5.10 Å². The van der Waals surface area contributed by atoms with Crippen molar-refractivity contribution in [1.29, 1.82) is 0 Å². The van der Waals surface area contributed by atoms with Crippen molar-refractivity contribution in [3.05, 3.63) is 47.0 Å². The van der Waals surface area contributed by atoms with Gasteiger partial charge in [-0.1, -0.05) is 23.7 Å². The summed E-state index contributed by atoms with van der Waals surface area (Å²) in [5.74, 6) is -0.410. The molecule has 0 radical (unpaired) electrons. The number of aromatic nitrogens is 2. The van der Waals surface area contributed by atoms with E-state index in [1.807, 2.05) is 17.9 Å². The van der Waals surface area contributed by atoms with Gasteiger partial charge < -0.3 is 9.80 Å². The van der Waals surface area contributed by atoms with Crippen LogP contribution >= 0.6 is 11.6 Å². The van der Waals surface area contributed by atoms with Crippen LogP contribution in [0.3, 0.4) is 0 Å². The molecule has 2 aromatic rings. The molecular weight excluding hydrogens is 319 g/mol. The predicted octanol–water partition coefficient (Wildman–Crippen LogP) is 2.66. The van der Waals surface area contributed by atoms with Crippen molar-refractivity contribution in [1.82, 2.24) is 14.7 Å². The van der Waals surface area contributed by atoms with E-state index in [4.69, 9.17) is 11.6 Å². The number of aryl methyl sites for hydroxylation is 1. The number of anilines is 1. The van der Waals surface area contributed by atoms with Gasteiger partial charge in [0.25, 0.3) is 5.91 Å². The Morgan fingerprint density at radius 2 is 1.96 bits per heavy atom. The van der Waals surface area contributed by atoms with Gasteiger partial charge in [0.2, 0.25) is 0 Å². The van der Waals surface area contributed by atoms with Gasteiger partial charge in [0.05, 0.1) is 10.7 Å². The van der Waals surface area contributed by atoms with Crippen LogP contribution in [0.5, 0.6) is 0 Å². The molecule has 0 unspecified atom stereocenters. The highest BCUT2D eigenvalue weighted by molar-refractivity contribution is 6.33. The lowest BCUT2D eigenvalue weighted by Crippen LogP contribution is -2.49. The minimum absolute atomic E-state index is 0.171. The summed E-state index contributed by atoms with van der Waals surface area (Å²) in [6.07, 6.45) is 1.66.